The normalized spacial score (nSPS) is 18.3. The minimum atomic E-state index is -3.51. The predicted molar refractivity (Wildman–Crippen MR) is 87.3 cm³/mol. The van der Waals surface area contributed by atoms with Crippen LogP contribution in [0, 0.1) is 0 Å². The average molecular weight is 353 g/mol. The van der Waals surface area contributed by atoms with Crippen LogP contribution < -0.4 is 0 Å². The quantitative estimate of drug-likeness (QED) is 0.727. The Morgan fingerprint density at radius 3 is 2.45 bits per heavy atom. The zero-order valence-corrected chi connectivity index (χ0v) is 13.5. The Hall–Kier alpha value is -1.62. The fraction of sp³-hybridized carbons (Fsp3) is 0.0625. The van der Waals surface area contributed by atoms with E-state index < -0.39 is 9.84 Å². The van der Waals surface area contributed by atoms with Gasteiger partial charge in [0.1, 0.15) is 0 Å². The second-order valence-electron chi connectivity index (χ2n) is 4.93. The van der Waals surface area contributed by atoms with Crippen molar-refractivity contribution < 1.29 is 13.2 Å². The van der Waals surface area contributed by atoms with Gasteiger partial charge in [-0.2, -0.15) is 0 Å². The van der Waals surface area contributed by atoms with E-state index in [-0.39, 0.29) is 27.6 Å². The highest BCUT2D eigenvalue weighted by Crippen LogP contribution is 2.30. The van der Waals surface area contributed by atoms with E-state index in [9.17, 15) is 13.2 Å². The van der Waals surface area contributed by atoms with Crippen LogP contribution in [0.15, 0.2) is 52.9 Å². The van der Waals surface area contributed by atoms with E-state index >= 15 is 0 Å². The van der Waals surface area contributed by atoms with E-state index in [1.165, 1.54) is 18.2 Å². The van der Waals surface area contributed by atoms with Crippen LogP contribution in [0.3, 0.4) is 0 Å². The van der Waals surface area contributed by atoms with Gasteiger partial charge in [0, 0.05) is 11.1 Å². The molecule has 0 aliphatic carbocycles. The van der Waals surface area contributed by atoms with Gasteiger partial charge >= 0.3 is 0 Å². The van der Waals surface area contributed by atoms with Gasteiger partial charge in [0.25, 0.3) is 0 Å². The van der Waals surface area contributed by atoms with Crippen molar-refractivity contribution >= 4 is 44.9 Å². The Bertz CT molecular complexity index is 915. The molecule has 2 aromatic carbocycles. The van der Waals surface area contributed by atoms with E-state index in [2.05, 4.69) is 0 Å². The minimum Gasteiger partial charge on any atom is -0.289 e. The van der Waals surface area contributed by atoms with Crippen molar-refractivity contribution in [3.8, 4) is 0 Å². The molecule has 0 radical (unpaired) electrons. The molecule has 3 nitrogen and oxygen atoms in total. The lowest BCUT2D eigenvalue weighted by Gasteiger charge is -2.17. The third-order valence-electron chi connectivity index (χ3n) is 3.39. The number of carbonyl (C=O) groups is 1. The highest BCUT2D eigenvalue weighted by atomic mass is 35.5. The molecule has 1 aliphatic rings. The van der Waals surface area contributed by atoms with E-state index in [1.54, 1.807) is 30.3 Å². The first-order chi connectivity index (χ1) is 10.4. The summed E-state index contributed by atoms with van der Waals surface area (Å²) in [6, 6.07) is 11.1. The molecule has 112 valence electrons. The van der Waals surface area contributed by atoms with Crippen LogP contribution in [-0.2, 0) is 9.84 Å². The van der Waals surface area contributed by atoms with Gasteiger partial charge in [-0.25, -0.2) is 8.42 Å². The first-order valence-corrected chi connectivity index (χ1v) is 8.81. The van der Waals surface area contributed by atoms with Crippen LogP contribution in [-0.4, -0.2) is 20.0 Å². The number of halogens is 2. The Labute approximate surface area is 138 Å². The number of hydrogen-bond donors (Lipinski definition) is 0. The van der Waals surface area contributed by atoms with Crippen LogP contribution in [0.5, 0.6) is 0 Å². The van der Waals surface area contributed by atoms with Gasteiger partial charge in [-0.15, -0.1) is 0 Å². The Kier molecular flexibility index (Phi) is 3.85. The van der Waals surface area contributed by atoms with E-state index in [0.29, 0.717) is 15.6 Å². The van der Waals surface area contributed by atoms with Gasteiger partial charge in [-0.3, -0.25) is 4.79 Å². The van der Waals surface area contributed by atoms with Gasteiger partial charge in [0.2, 0.25) is 0 Å². The van der Waals surface area contributed by atoms with E-state index in [0.717, 1.165) is 0 Å². The lowest BCUT2D eigenvalue weighted by Crippen LogP contribution is -2.24. The largest absolute Gasteiger partial charge is 0.289 e. The summed E-state index contributed by atoms with van der Waals surface area (Å²) in [5.74, 6) is -0.597. The second-order valence-corrected chi connectivity index (χ2v) is 7.70. The zero-order valence-electron chi connectivity index (χ0n) is 11.2. The van der Waals surface area contributed by atoms with E-state index in [1.807, 2.05) is 0 Å². The van der Waals surface area contributed by atoms with Gasteiger partial charge in [-0.05, 0) is 35.9 Å². The smallest absolute Gasteiger partial charge is 0.191 e. The molecule has 0 bridgehead atoms. The molecular weight excluding hydrogens is 343 g/mol. The fourth-order valence-corrected chi connectivity index (χ4v) is 4.22. The Balaban J connectivity index is 2.12. The van der Waals surface area contributed by atoms with Gasteiger partial charge in [0.05, 0.1) is 20.7 Å². The predicted octanol–water partition coefficient (Wildman–Crippen LogP) is 4.05. The summed E-state index contributed by atoms with van der Waals surface area (Å²) < 4.78 is 24.6. The van der Waals surface area contributed by atoms with Gasteiger partial charge < -0.3 is 0 Å². The first-order valence-electron chi connectivity index (χ1n) is 6.40. The van der Waals surface area contributed by atoms with Crippen molar-refractivity contribution in [1.29, 1.82) is 0 Å². The SMILES string of the molecule is O=C1/C(=C/c2ccc(Cl)c(Cl)c2)CS(=O)(=O)c2ccccc21. The van der Waals surface area contributed by atoms with Crippen molar-refractivity contribution in [2.45, 2.75) is 4.90 Å². The second kappa shape index (κ2) is 5.54. The molecule has 0 spiro atoms. The molecular formula is C16H10Cl2O3S. The number of fused-ring (bicyclic) bond motifs is 1. The topological polar surface area (TPSA) is 51.2 Å². The summed E-state index contributed by atoms with van der Waals surface area (Å²) in [7, 11) is -3.51. The Morgan fingerprint density at radius 2 is 1.73 bits per heavy atom. The lowest BCUT2D eigenvalue weighted by molar-refractivity contribution is 0.103. The standard InChI is InChI=1S/C16H10Cl2O3S/c17-13-6-5-10(8-14(13)18)7-11-9-22(20,21)15-4-2-1-3-12(15)16(11)19/h1-8H,9H2/b11-7+. The molecule has 2 aromatic rings. The highest BCUT2D eigenvalue weighted by Gasteiger charge is 2.32. The first kappa shape index (κ1) is 15.3. The number of rotatable bonds is 1. The van der Waals surface area contributed by atoms with Crippen molar-refractivity contribution in [1.82, 2.24) is 0 Å². The molecule has 0 aromatic heterocycles. The van der Waals surface area contributed by atoms with Crippen LogP contribution in [0.2, 0.25) is 10.0 Å². The molecule has 0 fully saturated rings. The molecule has 0 saturated heterocycles. The van der Waals surface area contributed by atoms with Crippen molar-refractivity contribution in [3.05, 3.63) is 69.2 Å². The molecule has 0 unspecified atom stereocenters. The number of hydrogen-bond acceptors (Lipinski definition) is 3. The summed E-state index contributed by atoms with van der Waals surface area (Å²) in [6.07, 6.45) is 1.54. The summed E-state index contributed by atoms with van der Waals surface area (Å²) >= 11 is 11.8. The average Bonchev–Trinajstić information content (AvgIpc) is 2.48. The molecule has 22 heavy (non-hydrogen) atoms. The van der Waals surface area contributed by atoms with Crippen molar-refractivity contribution in [3.63, 3.8) is 0 Å². The monoisotopic (exact) mass is 352 g/mol. The number of sulfone groups is 1. The fourth-order valence-electron chi connectivity index (χ4n) is 2.36. The van der Waals surface area contributed by atoms with Gasteiger partial charge in [0.15, 0.2) is 15.6 Å². The number of ketones is 1. The summed E-state index contributed by atoms with van der Waals surface area (Å²) in [5, 5.41) is 0.749. The highest BCUT2D eigenvalue weighted by molar-refractivity contribution is 7.91. The van der Waals surface area contributed by atoms with Crippen molar-refractivity contribution in [2.24, 2.45) is 0 Å². The van der Waals surface area contributed by atoms with Crippen LogP contribution >= 0.6 is 23.2 Å². The number of Topliss-reactive ketones (excluding diaryl/α,β-unsaturated/α-hetero) is 1. The molecule has 6 heteroatoms. The maximum atomic E-state index is 12.5. The Morgan fingerprint density at radius 1 is 1.00 bits per heavy atom. The minimum absolute atomic E-state index is 0.0892. The third-order valence-corrected chi connectivity index (χ3v) is 5.84. The third kappa shape index (κ3) is 2.70. The molecule has 0 saturated carbocycles. The summed E-state index contributed by atoms with van der Waals surface area (Å²) in [6.45, 7) is 0. The van der Waals surface area contributed by atoms with Crippen LogP contribution in [0.4, 0.5) is 0 Å². The lowest BCUT2D eigenvalue weighted by atomic mass is 10.0. The molecule has 3 rings (SSSR count). The summed E-state index contributed by atoms with van der Waals surface area (Å²) in [4.78, 5) is 12.6. The van der Waals surface area contributed by atoms with Crippen LogP contribution in [0.25, 0.3) is 6.08 Å². The zero-order chi connectivity index (χ0) is 15.9. The molecule has 1 aliphatic heterocycles. The summed E-state index contributed by atoms with van der Waals surface area (Å²) in [5.41, 5.74) is 1.06. The maximum absolute atomic E-state index is 12.5. The van der Waals surface area contributed by atoms with Gasteiger partial charge in [-0.1, -0.05) is 41.4 Å². The molecule has 1 heterocycles. The number of benzene rings is 2. The van der Waals surface area contributed by atoms with E-state index in [4.69, 9.17) is 23.2 Å². The van der Waals surface area contributed by atoms with Crippen LogP contribution in [0.1, 0.15) is 15.9 Å². The molecule has 0 N–H and O–H groups in total. The molecule has 0 atom stereocenters. The van der Waals surface area contributed by atoms with Crippen molar-refractivity contribution in [2.75, 3.05) is 5.75 Å². The maximum Gasteiger partial charge on any atom is 0.191 e. The number of carbonyl (C=O) groups excluding carboxylic acids is 1. The molecule has 0 amide bonds.